The molecule has 0 radical (unpaired) electrons. The van der Waals surface area contributed by atoms with Gasteiger partial charge in [0.1, 0.15) is 5.82 Å². The van der Waals surface area contributed by atoms with Gasteiger partial charge in [0.2, 0.25) is 5.91 Å². The van der Waals surface area contributed by atoms with Gasteiger partial charge in [0.05, 0.1) is 0 Å². The van der Waals surface area contributed by atoms with Gasteiger partial charge in [0.15, 0.2) is 5.96 Å². The van der Waals surface area contributed by atoms with Gasteiger partial charge in [-0.2, -0.15) is 0 Å². The zero-order valence-electron chi connectivity index (χ0n) is 17.9. The quantitative estimate of drug-likeness (QED) is 0.320. The van der Waals surface area contributed by atoms with Crippen LogP contribution in [0.3, 0.4) is 0 Å². The molecule has 1 saturated carbocycles. The molecule has 0 aromatic heterocycles. The molecule has 1 amide bonds. The molecule has 0 spiro atoms. The number of likely N-dealkylation sites (tertiary alicyclic amines) is 1. The molecule has 0 atom stereocenters. The number of aliphatic imine (C=N–C) groups is 1. The standard InChI is InChI=1S/C24H29FN4O.HI/c1-26-23(28-17-24(11-12-24)20-8-2-3-9-21(20)25)27-15-18-6-4-7-19(14-18)16-29-13-5-10-22(29)30;/h2-4,6-9,14H,5,10-13,15-17H2,1H3,(H2,26,27,28);1H. The van der Waals surface area contributed by atoms with Gasteiger partial charge in [-0.25, -0.2) is 4.39 Å². The van der Waals surface area contributed by atoms with E-state index in [1.165, 1.54) is 6.07 Å². The van der Waals surface area contributed by atoms with Crippen molar-refractivity contribution in [2.24, 2.45) is 4.99 Å². The Labute approximate surface area is 200 Å². The third kappa shape index (κ3) is 5.75. The van der Waals surface area contributed by atoms with E-state index in [1.807, 2.05) is 23.1 Å². The van der Waals surface area contributed by atoms with Crippen molar-refractivity contribution in [1.82, 2.24) is 15.5 Å². The van der Waals surface area contributed by atoms with Gasteiger partial charge in [0.25, 0.3) is 0 Å². The minimum Gasteiger partial charge on any atom is -0.356 e. The predicted molar refractivity (Wildman–Crippen MR) is 132 cm³/mol. The molecule has 2 aromatic carbocycles. The Morgan fingerprint density at radius 1 is 1.13 bits per heavy atom. The molecular formula is C24H30FIN4O. The molecule has 166 valence electrons. The highest BCUT2D eigenvalue weighted by Crippen LogP contribution is 2.48. The minimum absolute atomic E-state index is 0. The molecule has 7 heteroatoms. The highest BCUT2D eigenvalue weighted by molar-refractivity contribution is 14.0. The largest absolute Gasteiger partial charge is 0.356 e. The van der Waals surface area contributed by atoms with E-state index in [2.05, 4.69) is 33.8 Å². The van der Waals surface area contributed by atoms with Gasteiger partial charge < -0.3 is 15.5 Å². The van der Waals surface area contributed by atoms with E-state index in [4.69, 9.17) is 0 Å². The lowest BCUT2D eigenvalue weighted by Crippen LogP contribution is -2.41. The van der Waals surface area contributed by atoms with Crippen molar-refractivity contribution in [2.75, 3.05) is 20.1 Å². The second kappa shape index (κ2) is 10.4. The van der Waals surface area contributed by atoms with E-state index in [1.54, 1.807) is 13.1 Å². The van der Waals surface area contributed by atoms with Crippen LogP contribution < -0.4 is 10.6 Å². The molecule has 2 fully saturated rings. The first kappa shape index (κ1) is 23.5. The van der Waals surface area contributed by atoms with E-state index < -0.39 is 0 Å². The summed E-state index contributed by atoms with van der Waals surface area (Å²) in [7, 11) is 1.74. The molecule has 2 aliphatic rings. The zero-order chi connectivity index (χ0) is 21.0. The van der Waals surface area contributed by atoms with Crippen LogP contribution in [0.25, 0.3) is 0 Å². The summed E-state index contributed by atoms with van der Waals surface area (Å²) in [6, 6.07) is 15.3. The summed E-state index contributed by atoms with van der Waals surface area (Å²) < 4.78 is 14.2. The van der Waals surface area contributed by atoms with Crippen LogP contribution in [0.15, 0.2) is 53.5 Å². The van der Waals surface area contributed by atoms with Crippen LogP contribution >= 0.6 is 24.0 Å². The number of benzene rings is 2. The number of nitrogens with zero attached hydrogens (tertiary/aromatic N) is 2. The maximum Gasteiger partial charge on any atom is 0.222 e. The first-order valence-corrected chi connectivity index (χ1v) is 10.6. The average molecular weight is 536 g/mol. The van der Waals surface area contributed by atoms with Crippen molar-refractivity contribution in [1.29, 1.82) is 0 Å². The van der Waals surface area contributed by atoms with Crippen molar-refractivity contribution >= 4 is 35.8 Å². The SMILES string of the molecule is CN=C(NCc1cccc(CN2CCCC2=O)c1)NCC1(c2ccccc2F)CC1.I. The van der Waals surface area contributed by atoms with Crippen molar-refractivity contribution in [3.63, 3.8) is 0 Å². The summed E-state index contributed by atoms with van der Waals surface area (Å²) in [6.07, 6.45) is 3.58. The zero-order valence-corrected chi connectivity index (χ0v) is 20.2. The molecule has 2 N–H and O–H groups in total. The number of nitrogens with one attached hydrogen (secondary N) is 2. The molecule has 4 rings (SSSR count). The smallest absolute Gasteiger partial charge is 0.222 e. The van der Waals surface area contributed by atoms with Crippen LogP contribution in [0.1, 0.15) is 42.4 Å². The van der Waals surface area contributed by atoms with Crippen LogP contribution in [0, 0.1) is 5.82 Å². The molecule has 5 nitrogen and oxygen atoms in total. The van der Waals surface area contributed by atoms with Crippen LogP contribution in [0.5, 0.6) is 0 Å². The molecule has 1 saturated heterocycles. The van der Waals surface area contributed by atoms with E-state index in [9.17, 15) is 9.18 Å². The fraction of sp³-hybridized carbons (Fsp3) is 0.417. The summed E-state index contributed by atoms with van der Waals surface area (Å²) in [5.74, 6) is 0.817. The fourth-order valence-corrected chi connectivity index (χ4v) is 4.17. The van der Waals surface area contributed by atoms with Crippen molar-refractivity contribution < 1.29 is 9.18 Å². The number of halogens is 2. The molecule has 1 aliphatic heterocycles. The maximum atomic E-state index is 14.2. The fourth-order valence-electron chi connectivity index (χ4n) is 4.17. The summed E-state index contributed by atoms with van der Waals surface area (Å²) >= 11 is 0. The van der Waals surface area contributed by atoms with E-state index in [0.29, 0.717) is 32.0 Å². The Hall–Kier alpha value is -2.16. The summed E-state index contributed by atoms with van der Waals surface area (Å²) in [4.78, 5) is 18.1. The van der Waals surface area contributed by atoms with Crippen LogP contribution in [0.2, 0.25) is 0 Å². The molecule has 2 aromatic rings. The number of amides is 1. The second-order valence-electron chi connectivity index (χ2n) is 8.28. The maximum absolute atomic E-state index is 14.2. The first-order valence-electron chi connectivity index (χ1n) is 10.6. The highest BCUT2D eigenvalue weighted by Gasteiger charge is 2.45. The topological polar surface area (TPSA) is 56.7 Å². The van der Waals surface area contributed by atoms with Gasteiger partial charge in [-0.1, -0.05) is 42.5 Å². The summed E-state index contributed by atoms with van der Waals surface area (Å²) in [5, 5.41) is 6.71. The van der Waals surface area contributed by atoms with Gasteiger partial charge in [-0.05, 0) is 42.0 Å². The van der Waals surface area contributed by atoms with E-state index in [-0.39, 0.29) is 41.1 Å². The van der Waals surface area contributed by atoms with Gasteiger partial charge in [-0.15, -0.1) is 24.0 Å². The second-order valence-corrected chi connectivity index (χ2v) is 8.28. The van der Waals surface area contributed by atoms with Gasteiger partial charge >= 0.3 is 0 Å². The van der Waals surface area contributed by atoms with E-state index in [0.717, 1.165) is 42.5 Å². The van der Waals surface area contributed by atoms with Crippen LogP contribution in [0.4, 0.5) is 4.39 Å². The summed E-state index contributed by atoms with van der Waals surface area (Å²) in [5.41, 5.74) is 2.93. The molecule has 0 bridgehead atoms. The lowest BCUT2D eigenvalue weighted by atomic mass is 9.95. The molecule has 1 aliphatic carbocycles. The van der Waals surface area contributed by atoms with Crippen molar-refractivity contribution in [3.05, 3.63) is 71.0 Å². The van der Waals surface area contributed by atoms with Gasteiger partial charge in [-0.3, -0.25) is 9.79 Å². The number of rotatable bonds is 7. The molecule has 1 heterocycles. The van der Waals surface area contributed by atoms with Crippen LogP contribution in [-0.2, 0) is 23.3 Å². The number of guanidine groups is 1. The third-order valence-corrected chi connectivity index (χ3v) is 6.11. The van der Waals surface area contributed by atoms with E-state index >= 15 is 0 Å². The monoisotopic (exact) mass is 536 g/mol. The van der Waals surface area contributed by atoms with Crippen LogP contribution in [-0.4, -0.2) is 36.9 Å². The number of carbonyl (C=O) groups is 1. The molecular weight excluding hydrogens is 506 g/mol. The third-order valence-electron chi connectivity index (χ3n) is 6.11. The molecule has 0 unspecified atom stereocenters. The average Bonchev–Trinajstić information content (AvgIpc) is 3.44. The normalized spacial score (nSPS) is 17.3. The highest BCUT2D eigenvalue weighted by atomic mass is 127. The number of carbonyl (C=O) groups excluding carboxylic acids is 1. The van der Waals surface area contributed by atoms with Gasteiger partial charge in [0, 0.05) is 45.1 Å². The predicted octanol–water partition coefficient (Wildman–Crippen LogP) is 3.96. The Morgan fingerprint density at radius 2 is 1.90 bits per heavy atom. The number of hydrogen-bond acceptors (Lipinski definition) is 2. The lowest BCUT2D eigenvalue weighted by Gasteiger charge is -2.20. The Morgan fingerprint density at radius 3 is 2.58 bits per heavy atom. The lowest BCUT2D eigenvalue weighted by molar-refractivity contribution is -0.128. The van der Waals surface area contributed by atoms with Crippen molar-refractivity contribution in [2.45, 2.75) is 44.2 Å². The number of hydrogen-bond donors (Lipinski definition) is 2. The minimum atomic E-state index is -0.134. The first-order chi connectivity index (χ1) is 14.6. The molecule has 31 heavy (non-hydrogen) atoms. The summed E-state index contributed by atoms with van der Waals surface area (Å²) in [6.45, 7) is 2.81. The Bertz CT molecular complexity index is 945. The van der Waals surface area contributed by atoms with Crippen molar-refractivity contribution in [3.8, 4) is 0 Å². The Kier molecular flexibility index (Phi) is 7.91. The Balaban J connectivity index is 0.00000272.